The summed E-state index contributed by atoms with van der Waals surface area (Å²) in [6.07, 6.45) is 0. The van der Waals surface area contributed by atoms with Gasteiger partial charge in [-0.15, -0.1) is 11.8 Å². The van der Waals surface area contributed by atoms with Crippen LogP contribution in [-0.4, -0.2) is 43.5 Å². The van der Waals surface area contributed by atoms with Crippen LogP contribution in [0.4, 0.5) is 8.78 Å². The smallest absolute Gasteiger partial charge is 0.334 e. The van der Waals surface area contributed by atoms with Gasteiger partial charge in [-0.2, -0.15) is 9.57 Å². The van der Waals surface area contributed by atoms with E-state index in [1.165, 1.54) is 6.07 Å². The van der Waals surface area contributed by atoms with E-state index in [4.69, 9.17) is 5.26 Å². The predicted molar refractivity (Wildman–Crippen MR) is 73.2 cm³/mol. The first-order chi connectivity index (χ1) is 10.3. The molecule has 0 radical (unpaired) electrons. The molecule has 2 rings (SSSR count). The third kappa shape index (κ3) is 2.79. The summed E-state index contributed by atoms with van der Waals surface area (Å²) in [4.78, 5) is 10.4. The van der Waals surface area contributed by atoms with Crippen molar-refractivity contribution in [3.8, 4) is 6.07 Å². The zero-order chi connectivity index (χ0) is 16.5. The van der Waals surface area contributed by atoms with E-state index in [1.807, 2.05) is 0 Å². The van der Waals surface area contributed by atoms with Gasteiger partial charge in [0, 0.05) is 12.3 Å². The predicted octanol–water partition coefficient (Wildman–Crippen LogP) is 1.07. The summed E-state index contributed by atoms with van der Waals surface area (Å²) in [5.74, 6) is -3.28. The zero-order valence-electron chi connectivity index (χ0n) is 11.2. The molecule has 0 aliphatic carbocycles. The van der Waals surface area contributed by atoms with Crippen LogP contribution in [0, 0.1) is 23.0 Å². The molecule has 0 spiro atoms. The van der Waals surface area contributed by atoms with Crippen molar-refractivity contribution in [2.24, 2.45) is 0 Å². The highest BCUT2D eigenvalue weighted by Crippen LogP contribution is 2.33. The number of halogens is 2. The van der Waals surface area contributed by atoms with Gasteiger partial charge in [-0.25, -0.2) is 22.0 Å². The molecular formula is C12H10F2N2O4S2. The van der Waals surface area contributed by atoms with Crippen LogP contribution in [0.15, 0.2) is 17.0 Å². The lowest BCUT2D eigenvalue weighted by atomic mass is 10.2. The van der Waals surface area contributed by atoms with Crippen molar-refractivity contribution in [2.45, 2.75) is 10.3 Å². The van der Waals surface area contributed by atoms with Gasteiger partial charge >= 0.3 is 5.97 Å². The topological polar surface area (TPSA) is 87.5 Å². The summed E-state index contributed by atoms with van der Waals surface area (Å²) < 4.78 is 58.0. The Morgan fingerprint density at radius 3 is 2.55 bits per heavy atom. The molecule has 0 aromatic heterocycles. The van der Waals surface area contributed by atoms with Gasteiger partial charge in [0.25, 0.3) is 0 Å². The maximum atomic E-state index is 13.9. The molecule has 1 atom stereocenters. The highest BCUT2D eigenvalue weighted by molar-refractivity contribution is 8.02. The van der Waals surface area contributed by atoms with Crippen molar-refractivity contribution in [3.05, 3.63) is 29.3 Å². The molecule has 1 aromatic rings. The van der Waals surface area contributed by atoms with Crippen LogP contribution >= 0.6 is 11.8 Å². The maximum absolute atomic E-state index is 13.9. The molecule has 1 unspecified atom stereocenters. The number of methoxy groups -OCH3 is 1. The lowest BCUT2D eigenvalue weighted by Gasteiger charge is -2.21. The Morgan fingerprint density at radius 1 is 1.45 bits per heavy atom. The SMILES string of the molecule is COC(=O)C1SCCN1S(=O)(=O)c1c(F)cc(C#N)cc1F. The summed E-state index contributed by atoms with van der Waals surface area (Å²) in [7, 11) is -3.48. The minimum absolute atomic E-state index is 0.0777. The van der Waals surface area contributed by atoms with Gasteiger partial charge in [-0.05, 0) is 12.1 Å². The van der Waals surface area contributed by atoms with Gasteiger partial charge in [0.05, 0.1) is 18.7 Å². The van der Waals surface area contributed by atoms with Crippen LogP contribution in [0.1, 0.15) is 5.56 Å². The standard InChI is InChI=1S/C12H10F2N2O4S2/c1-20-12(17)11-16(2-3-21-11)22(18,19)10-8(13)4-7(6-15)5-9(10)14/h4-5,11H,2-3H2,1H3. The molecule has 0 saturated carbocycles. The molecule has 1 saturated heterocycles. The number of carbonyl (C=O) groups excluding carboxylic acids is 1. The average Bonchev–Trinajstić information content (AvgIpc) is 2.95. The molecule has 10 heteroatoms. The number of hydrogen-bond donors (Lipinski definition) is 0. The quantitative estimate of drug-likeness (QED) is 0.760. The van der Waals surface area contributed by atoms with Gasteiger partial charge in [0.15, 0.2) is 10.3 Å². The first kappa shape index (κ1) is 16.7. The number of hydrogen-bond acceptors (Lipinski definition) is 6. The molecule has 1 heterocycles. The van der Waals surface area contributed by atoms with Crippen molar-refractivity contribution >= 4 is 27.8 Å². The number of thioether (sulfide) groups is 1. The summed E-state index contributed by atoms with van der Waals surface area (Å²) in [5.41, 5.74) is -0.339. The van der Waals surface area contributed by atoms with Gasteiger partial charge in [0.2, 0.25) is 10.0 Å². The van der Waals surface area contributed by atoms with Crippen LogP contribution in [-0.2, 0) is 19.6 Å². The molecule has 1 aliphatic heterocycles. The van der Waals surface area contributed by atoms with Crippen LogP contribution < -0.4 is 0 Å². The van der Waals surface area contributed by atoms with Crippen LogP contribution in [0.5, 0.6) is 0 Å². The molecule has 0 amide bonds. The fraction of sp³-hybridized carbons (Fsp3) is 0.333. The summed E-state index contributed by atoms with van der Waals surface area (Å²) in [6.45, 7) is -0.0777. The third-order valence-corrected chi connectivity index (χ3v) is 6.18. The minimum Gasteiger partial charge on any atom is -0.467 e. The first-order valence-electron chi connectivity index (χ1n) is 5.93. The number of nitriles is 1. The second kappa shape index (κ2) is 6.20. The van der Waals surface area contributed by atoms with E-state index in [0.29, 0.717) is 22.2 Å². The molecular weight excluding hydrogens is 338 g/mol. The van der Waals surface area contributed by atoms with E-state index in [2.05, 4.69) is 4.74 Å². The van der Waals surface area contributed by atoms with Gasteiger partial charge < -0.3 is 4.74 Å². The number of benzene rings is 1. The normalized spacial score (nSPS) is 18.9. The lowest BCUT2D eigenvalue weighted by molar-refractivity contribution is -0.141. The van der Waals surface area contributed by atoms with E-state index in [0.717, 1.165) is 18.9 Å². The van der Waals surface area contributed by atoms with E-state index in [-0.39, 0.29) is 12.1 Å². The van der Waals surface area contributed by atoms with Crippen LogP contribution in [0.25, 0.3) is 0 Å². The molecule has 1 aromatic carbocycles. The molecule has 6 nitrogen and oxygen atoms in total. The minimum atomic E-state index is -4.58. The molecule has 0 bridgehead atoms. The lowest BCUT2D eigenvalue weighted by Crippen LogP contribution is -2.40. The second-order valence-corrected chi connectivity index (χ2v) is 7.26. The number of rotatable bonds is 3. The Morgan fingerprint density at radius 2 is 2.05 bits per heavy atom. The Balaban J connectivity index is 2.52. The van der Waals surface area contributed by atoms with Gasteiger partial charge in [0.1, 0.15) is 11.6 Å². The van der Waals surface area contributed by atoms with E-state index < -0.39 is 37.9 Å². The number of nitrogens with zero attached hydrogens (tertiary/aromatic N) is 2. The van der Waals surface area contributed by atoms with Crippen molar-refractivity contribution in [3.63, 3.8) is 0 Å². The fourth-order valence-electron chi connectivity index (χ4n) is 1.98. The van der Waals surface area contributed by atoms with Gasteiger partial charge in [-0.1, -0.05) is 0 Å². The molecule has 118 valence electrons. The molecule has 0 N–H and O–H groups in total. The van der Waals surface area contributed by atoms with Crippen LogP contribution in [0.3, 0.4) is 0 Å². The van der Waals surface area contributed by atoms with Crippen LogP contribution in [0.2, 0.25) is 0 Å². The van der Waals surface area contributed by atoms with E-state index >= 15 is 0 Å². The van der Waals surface area contributed by atoms with Crippen molar-refractivity contribution in [1.29, 1.82) is 5.26 Å². The summed E-state index contributed by atoms with van der Waals surface area (Å²) >= 11 is 0.999. The summed E-state index contributed by atoms with van der Waals surface area (Å²) in [5, 5.41) is 7.44. The Bertz CT molecular complexity index is 738. The van der Waals surface area contributed by atoms with Crippen molar-refractivity contribution in [1.82, 2.24) is 4.31 Å². The third-order valence-electron chi connectivity index (χ3n) is 2.95. The Kier molecular flexibility index (Phi) is 4.69. The Hall–Kier alpha value is -1.70. The van der Waals surface area contributed by atoms with Crippen molar-refractivity contribution < 1.29 is 26.7 Å². The first-order valence-corrected chi connectivity index (χ1v) is 8.42. The average molecular weight is 348 g/mol. The van der Waals surface area contributed by atoms with Crippen molar-refractivity contribution in [2.75, 3.05) is 19.4 Å². The molecule has 22 heavy (non-hydrogen) atoms. The maximum Gasteiger partial charge on any atom is 0.334 e. The zero-order valence-corrected chi connectivity index (χ0v) is 12.9. The fourth-order valence-corrected chi connectivity index (χ4v) is 5.16. The molecule has 1 aliphatic rings. The van der Waals surface area contributed by atoms with E-state index in [1.54, 1.807) is 0 Å². The number of ether oxygens (including phenoxy) is 1. The highest BCUT2D eigenvalue weighted by Gasteiger charge is 2.43. The largest absolute Gasteiger partial charge is 0.467 e. The van der Waals surface area contributed by atoms with E-state index in [9.17, 15) is 22.0 Å². The number of sulfonamides is 1. The number of carbonyl (C=O) groups is 1. The van der Waals surface area contributed by atoms with Gasteiger partial charge in [-0.3, -0.25) is 0 Å². The summed E-state index contributed by atoms with van der Waals surface area (Å²) in [6, 6.07) is 2.79. The highest BCUT2D eigenvalue weighted by atomic mass is 32.2. The second-order valence-electron chi connectivity index (χ2n) is 4.24. The molecule has 1 fully saturated rings. The number of esters is 1. The monoisotopic (exact) mass is 348 g/mol. The Labute approximate surface area is 129 Å².